The summed E-state index contributed by atoms with van der Waals surface area (Å²) in [7, 11) is 0. The molecule has 0 saturated carbocycles. The molecule has 2 aliphatic heterocycles. The fourth-order valence-corrected chi connectivity index (χ4v) is 4.27. The van der Waals surface area contributed by atoms with Gasteiger partial charge in [0.1, 0.15) is 12.4 Å². The van der Waals surface area contributed by atoms with Crippen molar-refractivity contribution in [1.82, 2.24) is 24.6 Å². The zero-order chi connectivity index (χ0) is 21.9. The van der Waals surface area contributed by atoms with Crippen LogP contribution >= 0.6 is 0 Å². The van der Waals surface area contributed by atoms with Crippen molar-refractivity contribution in [2.75, 3.05) is 39.4 Å². The average Bonchev–Trinajstić information content (AvgIpc) is 3.18. The van der Waals surface area contributed by atoms with E-state index in [1.165, 1.54) is 12.1 Å². The first kappa shape index (κ1) is 20.8. The van der Waals surface area contributed by atoms with Gasteiger partial charge in [0.15, 0.2) is 0 Å². The monoisotopic (exact) mass is 435 g/mol. The van der Waals surface area contributed by atoms with Crippen molar-refractivity contribution in [2.24, 2.45) is 0 Å². The molecule has 0 bridgehead atoms. The van der Waals surface area contributed by atoms with Crippen LogP contribution < -0.4 is 0 Å². The quantitative estimate of drug-likeness (QED) is 0.594. The molecule has 3 aromatic rings. The molecule has 2 fully saturated rings. The topological polar surface area (TPSA) is 63.5 Å². The minimum Gasteiger partial charge on any atom is -0.379 e. The third-order valence-electron chi connectivity index (χ3n) is 6.20. The van der Waals surface area contributed by atoms with Gasteiger partial charge in [-0.25, -0.2) is 4.39 Å². The Morgan fingerprint density at radius 1 is 1.06 bits per heavy atom. The number of carbonyl (C=O) groups excluding carboxylic acids is 1. The number of aromatic nitrogens is 3. The van der Waals surface area contributed by atoms with Crippen LogP contribution in [-0.4, -0.2) is 75.9 Å². The molecule has 166 valence electrons. The molecule has 8 heteroatoms. The van der Waals surface area contributed by atoms with Gasteiger partial charge < -0.3 is 9.64 Å². The molecule has 0 atom stereocenters. The molecule has 2 aromatic heterocycles. The Balaban J connectivity index is 1.31. The molecule has 5 rings (SSSR count). The highest BCUT2D eigenvalue weighted by Crippen LogP contribution is 2.22. The third kappa shape index (κ3) is 4.56. The smallest absolute Gasteiger partial charge is 0.244 e. The molecule has 2 aliphatic rings. The van der Waals surface area contributed by atoms with Crippen LogP contribution in [0.3, 0.4) is 0 Å². The minimum absolute atomic E-state index is 0.0687. The van der Waals surface area contributed by atoms with Gasteiger partial charge in [-0.3, -0.25) is 19.4 Å². The first-order valence-electron chi connectivity index (χ1n) is 11.0. The van der Waals surface area contributed by atoms with Gasteiger partial charge in [0, 0.05) is 62.3 Å². The van der Waals surface area contributed by atoms with Gasteiger partial charge in [0.25, 0.3) is 0 Å². The fraction of sp³-hybridized carbons (Fsp3) is 0.375. The average molecular weight is 436 g/mol. The van der Waals surface area contributed by atoms with Crippen molar-refractivity contribution >= 4 is 5.91 Å². The first-order chi connectivity index (χ1) is 15.7. The number of pyridine rings is 1. The van der Waals surface area contributed by atoms with Crippen molar-refractivity contribution in [1.29, 1.82) is 0 Å². The van der Waals surface area contributed by atoms with Crippen molar-refractivity contribution in [3.8, 4) is 11.3 Å². The number of benzene rings is 1. The second-order valence-electron chi connectivity index (χ2n) is 8.32. The highest BCUT2D eigenvalue weighted by molar-refractivity contribution is 5.77. The SMILES string of the molecule is O=C(Cn1nc(-c2ccncc2)cc1Cc1ccc(F)cc1)N1CC(N2CCOCC2)C1. The van der Waals surface area contributed by atoms with Crippen LogP contribution in [0.15, 0.2) is 54.9 Å². The van der Waals surface area contributed by atoms with Gasteiger partial charge in [-0.15, -0.1) is 0 Å². The molecule has 0 unspecified atom stereocenters. The van der Waals surface area contributed by atoms with E-state index in [1.54, 1.807) is 29.2 Å². The van der Waals surface area contributed by atoms with Crippen molar-refractivity contribution < 1.29 is 13.9 Å². The summed E-state index contributed by atoms with van der Waals surface area (Å²) in [6.07, 6.45) is 4.03. The Morgan fingerprint density at radius 2 is 1.78 bits per heavy atom. The number of halogens is 1. The molecule has 0 spiro atoms. The molecular weight excluding hydrogens is 409 g/mol. The van der Waals surface area contributed by atoms with Crippen LogP contribution in [0.1, 0.15) is 11.3 Å². The summed E-state index contributed by atoms with van der Waals surface area (Å²) in [4.78, 5) is 21.4. The summed E-state index contributed by atoms with van der Waals surface area (Å²) in [6, 6.07) is 12.7. The molecule has 1 amide bonds. The fourth-order valence-electron chi connectivity index (χ4n) is 4.27. The summed E-state index contributed by atoms with van der Waals surface area (Å²) in [5.74, 6) is -0.193. The molecule has 0 radical (unpaired) electrons. The van der Waals surface area contributed by atoms with E-state index in [1.807, 2.05) is 23.1 Å². The second-order valence-corrected chi connectivity index (χ2v) is 8.32. The Labute approximate surface area is 186 Å². The van der Waals surface area contributed by atoms with E-state index in [0.717, 1.165) is 61.9 Å². The molecule has 0 aliphatic carbocycles. The van der Waals surface area contributed by atoms with Crippen molar-refractivity contribution in [2.45, 2.75) is 19.0 Å². The molecule has 4 heterocycles. The van der Waals surface area contributed by atoms with Crippen LogP contribution in [0.25, 0.3) is 11.3 Å². The molecule has 7 nitrogen and oxygen atoms in total. The number of hydrogen-bond donors (Lipinski definition) is 0. The summed E-state index contributed by atoms with van der Waals surface area (Å²) in [5, 5.41) is 4.72. The van der Waals surface area contributed by atoms with Crippen LogP contribution in [0, 0.1) is 5.82 Å². The lowest BCUT2D eigenvalue weighted by Crippen LogP contribution is -2.63. The lowest BCUT2D eigenvalue weighted by Gasteiger charge is -2.46. The number of ether oxygens (including phenoxy) is 1. The van der Waals surface area contributed by atoms with Gasteiger partial charge in [0.05, 0.1) is 18.9 Å². The molecule has 0 N–H and O–H groups in total. The maximum absolute atomic E-state index is 13.3. The third-order valence-corrected chi connectivity index (χ3v) is 6.20. The van der Waals surface area contributed by atoms with E-state index in [-0.39, 0.29) is 18.3 Å². The molecular formula is C24H26FN5O2. The molecule has 1 aromatic carbocycles. The Bertz CT molecular complexity index is 1060. The van der Waals surface area contributed by atoms with Gasteiger partial charge in [-0.1, -0.05) is 12.1 Å². The molecule has 32 heavy (non-hydrogen) atoms. The lowest BCUT2D eigenvalue weighted by atomic mass is 10.1. The lowest BCUT2D eigenvalue weighted by molar-refractivity contribution is -0.140. The van der Waals surface area contributed by atoms with Crippen LogP contribution in [0.5, 0.6) is 0 Å². The number of likely N-dealkylation sites (tertiary alicyclic amines) is 1. The Hall–Kier alpha value is -3.10. The van der Waals surface area contributed by atoms with E-state index in [4.69, 9.17) is 9.84 Å². The van der Waals surface area contributed by atoms with E-state index in [2.05, 4.69) is 9.88 Å². The first-order valence-corrected chi connectivity index (χ1v) is 11.0. The number of nitrogens with zero attached hydrogens (tertiary/aromatic N) is 5. The summed E-state index contributed by atoms with van der Waals surface area (Å²) in [6.45, 7) is 5.10. The van der Waals surface area contributed by atoms with E-state index >= 15 is 0 Å². The highest BCUT2D eigenvalue weighted by atomic mass is 19.1. The van der Waals surface area contributed by atoms with Crippen molar-refractivity contribution in [3.05, 3.63) is 71.9 Å². The van der Waals surface area contributed by atoms with Gasteiger partial charge in [-0.2, -0.15) is 5.10 Å². The minimum atomic E-state index is -0.262. The summed E-state index contributed by atoms with van der Waals surface area (Å²) in [5.41, 5.74) is 3.63. The Kier molecular flexibility index (Phi) is 5.96. The predicted octanol–water partition coefficient (Wildman–Crippen LogP) is 2.22. The van der Waals surface area contributed by atoms with Crippen LogP contribution in [-0.2, 0) is 22.5 Å². The van der Waals surface area contributed by atoms with E-state index in [0.29, 0.717) is 12.5 Å². The van der Waals surface area contributed by atoms with Crippen LogP contribution in [0.4, 0.5) is 4.39 Å². The zero-order valence-corrected chi connectivity index (χ0v) is 17.9. The van der Waals surface area contributed by atoms with Gasteiger partial charge in [-0.05, 0) is 35.9 Å². The number of morpholine rings is 1. The number of amides is 1. The zero-order valence-electron chi connectivity index (χ0n) is 17.9. The largest absolute Gasteiger partial charge is 0.379 e. The number of hydrogen-bond acceptors (Lipinski definition) is 5. The second kappa shape index (κ2) is 9.18. The highest BCUT2D eigenvalue weighted by Gasteiger charge is 2.35. The summed E-state index contributed by atoms with van der Waals surface area (Å²) < 4.78 is 20.5. The predicted molar refractivity (Wildman–Crippen MR) is 117 cm³/mol. The number of rotatable bonds is 6. The molecule has 2 saturated heterocycles. The van der Waals surface area contributed by atoms with E-state index < -0.39 is 0 Å². The maximum Gasteiger partial charge on any atom is 0.244 e. The standard InChI is InChI=1S/C24H26FN5O2/c25-20-3-1-18(2-4-20)13-21-14-23(19-5-7-26-8-6-19)27-30(21)17-24(31)29-15-22(16-29)28-9-11-32-12-10-28/h1-8,14,22H,9-13,15-17H2. The van der Waals surface area contributed by atoms with E-state index in [9.17, 15) is 9.18 Å². The maximum atomic E-state index is 13.3. The van der Waals surface area contributed by atoms with Gasteiger partial charge >= 0.3 is 0 Å². The number of carbonyl (C=O) groups is 1. The van der Waals surface area contributed by atoms with Crippen LogP contribution in [0.2, 0.25) is 0 Å². The summed E-state index contributed by atoms with van der Waals surface area (Å²) >= 11 is 0. The van der Waals surface area contributed by atoms with Gasteiger partial charge in [0.2, 0.25) is 5.91 Å². The Morgan fingerprint density at radius 3 is 2.50 bits per heavy atom. The normalized spacial score (nSPS) is 17.3. The van der Waals surface area contributed by atoms with Crippen molar-refractivity contribution in [3.63, 3.8) is 0 Å².